The van der Waals surface area contributed by atoms with Crippen LogP contribution in [0.25, 0.3) is 11.1 Å². The average molecular weight is 468 g/mol. The zero-order valence-corrected chi connectivity index (χ0v) is 20.8. The van der Waals surface area contributed by atoms with Crippen molar-refractivity contribution in [2.24, 2.45) is 0 Å². The average Bonchev–Trinajstić information content (AvgIpc) is 3.04. The van der Waals surface area contributed by atoms with Crippen LogP contribution in [0.2, 0.25) is 0 Å². The van der Waals surface area contributed by atoms with Gasteiger partial charge in [-0.05, 0) is 86.3 Å². The number of benzene rings is 3. The van der Waals surface area contributed by atoms with E-state index in [9.17, 15) is 9.59 Å². The number of rotatable bonds is 5. The first kappa shape index (κ1) is 23.3. The second-order valence-electron chi connectivity index (χ2n) is 10.2. The van der Waals surface area contributed by atoms with E-state index in [1.54, 1.807) is 11.9 Å². The third-order valence-corrected chi connectivity index (χ3v) is 7.42. The Morgan fingerprint density at radius 1 is 0.943 bits per heavy atom. The van der Waals surface area contributed by atoms with Gasteiger partial charge in [0.25, 0.3) is 5.91 Å². The van der Waals surface area contributed by atoms with E-state index in [2.05, 4.69) is 40.5 Å². The van der Waals surface area contributed by atoms with Crippen molar-refractivity contribution in [3.63, 3.8) is 0 Å². The van der Waals surface area contributed by atoms with E-state index in [-0.39, 0.29) is 11.8 Å². The van der Waals surface area contributed by atoms with E-state index in [4.69, 9.17) is 0 Å². The van der Waals surface area contributed by atoms with Crippen molar-refractivity contribution in [1.82, 2.24) is 4.90 Å². The van der Waals surface area contributed by atoms with E-state index < -0.39 is 5.41 Å². The van der Waals surface area contributed by atoms with Gasteiger partial charge >= 0.3 is 0 Å². The van der Waals surface area contributed by atoms with Crippen molar-refractivity contribution in [2.45, 2.75) is 45.1 Å². The molecule has 3 aromatic rings. The monoisotopic (exact) mass is 467 g/mol. The zero-order chi connectivity index (χ0) is 24.6. The molecule has 1 fully saturated rings. The maximum Gasteiger partial charge on any atom is 0.255 e. The highest BCUT2D eigenvalue weighted by atomic mass is 16.2. The van der Waals surface area contributed by atoms with Gasteiger partial charge in [-0.15, -0.1) is 0 Å². The summed E-state index contributed by atoms with van der Waals surface area (Å²) in [5.74, 6) is -0.0782. The molecule has 3 aromatic carbocycles. The van der Waals surface area contributed by atoms with Gasteiger partial charge in [-0.1, -0.05) is 48.9 Å². The van der Waals surface area contributed by atoms with E-state index in [0.717, 1.165) is 30.9 Å². The molecule has 0 radical (unpaired) electrons. The molecule has 35 heavy (non-hydrogen) atoms. The van der Waals surface area contributed by atoms with Gasteiger partial charge in [-0.2, -0.15) is 0 Å². The Morgan fingerprint density at radius 3 is 2.43 bits per heavy atom. The van der Waals surface area contributed by atoms with Crippen molar-refractivity contribution >= 4 is 23.2 Å². The Morgan fingerprint density at radius 2 is 1.69 bits per heavy atom. The van der Waals surface area contributed by atoms with Gasteiger partial charge in [-0.25, -0.2) is 0 Å². The van der Waals surface area contributed by atoms with Crippen LogP contribution in [0, 0.1) is 0 Å². The number of hydrogen-bond acceptors (Lipinski definition) is 3. The third-order valence-electron chi connectivity index (χ3n) is 7.42. The maximum absolute atomic E-state index is 13.3. The van der Waals surface area contributed by atoms with Gasteiger partial charge in [-0.3, -0.25) is 14.5 Å². The zero-order valence-electron chi connectivity index (χ0n) is 20.8. The van der Waals surface area contributed by atoms with E-state index >= 15 is 0 Å². The number of likely N-dealkylation sites (tertiary alicyclic amines) is 1. The lowest BCUT2D eigenvalue weighted by atomic mass is 9.86. The third kappa shape index (κ3) is 4.48. The van der Waals surface area contributed by atoms with Crippen LogP contribution in [0.4, 0.5) is 11.4 Å². The molecule has 1 N–H and O–H groups in total. The summed E-state index contributed by atoms with van der Waals surface area (Å²) in [6.07, 6.45) is 3.75. The Hall–Kier alpha value is -3.44. The molecule has 0 bridgehead atoms. The number of carbonyl (C=O) groups is 2. The molecule has 0 saturated carbocycles. The fraction of sp³-hybridized carbons (Fsp3) is 0.333. The Balaban J connectivity index is 1.42. The van der Waals surface area contributed by atoms with Crippen molar-refractivity contribution < 1.29 is 9.59 Å². The number of fused-ring (bicyclic) bond motifs is 1. The number of hydrogen-bond donors (Lipinski definition) is 1. The molecular weight excluding hydrogens is 434 g/mol. The van der Waals surface area contributed by atoms with E-state index in [1.165, 1.54) is 36.0 Å². The molecule has 2 amide bonds. The van der Waals surface area contributed by atoms with Crippen LogP contribution in [-0.2, 0) is 16.8 Å². The lowest BCUT2D eigenvalue weighted by molar-refractivity contribution is -0.121. The highest BCUT2D eigenvalue weighted by Gasteiger charge is 2.42. The van der Waals surface area contributed by atoms with Gasteiger partial charge in [0.15, 0.2) is 0 Å². The molecule has 180 valence electrons. The largest absolute Gasteiger partial charge is 0.322 e. The summed E-state index contributed by atoms with van der Waals surface area (Å²) in [5.41, 5.74) is 6.13. The number of anilines is 2. The predicted molar refractivity (Wildman–Crippen MR) is 142 cm³/mol. The summed E-state index contributed by atoms with van der Waals surface area (Å²) < 4.78 is 0. The van der Waals surface area contributed by atoms with Crippen molar-refractivity contribution in [3.05, 3.63) is 83.4 Å². The number of piperidine rings is 1. The van der Waals surface area contributed by atoms with Crippen LogP contribution < -0.4 is 10.2 Å². The second kappa shape index (κ2) is 9.31. The lowest BCUT2D eigenvalue weighted by Gasteiger charge is -2.27. The first-order valence-corrected chi connectivity index (χ1v) is 12.5. The summed E-state index contributed by atoms with van der Waals surface area (Å²) in [7, 11) is 1.79. The fourth-order valence-electron chi connectivity index (χ4n) is 5.39. The van der Waals surface area contributed by atoms with Crippen molar-refractivity contribution in [2.75, 3.05) is 30.4 Å². The summed E-state index contributed by atoms with van der Waals surface area (Å²) in [5, 5.41) is 3.05. The summed E-state index contributed by atoms with van der Waals surface area (Å²) in [6.45, 7) is 6.92. The number of carbonyl (C=O) groups excluding carboxylic acids is 2. The minimum absolute atomic E-state index is 0.0647. The van der Waals surface area contributed by atoms with Crippen LogP contribution >= 0.6 is 0 Å². The van der Waals surface area contributed by atoms with Crippen molar-refractivity contribution in [1.29, 1.82) is 0 Å². The molecule has 0 spiro atoms. The molecule has 1 saturated heterocycles. The molecular formula is C30H33N3O2. The fourth-order valence-corrected chi connectivity index (χ4v) is 5.39. The van der Waals surface area contributed by atoms with Crippen LogP contribution in [0.1, 0.15) is 54.6 Å². The van der Waals surface area contributed by atoms with Gasteiger partial charge in [0.2, 0.25) is 5.91 Å². The SMILES string of the molecule is CN1C(=O)C(C)(C)c2ccc(NC(=O)c3ccc(-c4ccccc4)c(CN4CCCCC4)c3)cc21. The lowest BCUT2D eigenvalue weighted by Crippen LogP contribution is -2.33. The van der Waals surface area contributed by atoms with Gasteiger partial charge in [0, 0.05) is 30.5 Å². The first-order valence-electron chi connectivity index (χ1n) is 12.5. The predicted octanol–water partition coefficient (Wildman–Crippen LogP) is 5.85. The number of amides is 2. The Bertz CT molecular complexity index is 1260. The molecule has 2 heterocycles. The first-order chi connectivity index (χ1) is 16.8. The van der Waals surface area contributed by atoms with E-state index in [0.29, 0.717) is 11.3 Å². The van der Waals surface area contributed by atoms with Gasteiger partial charge < -0.3 is 10.2 Å². The quantitative estimate of drug-likeness (QED) is 0.512. The van der Waals surface area contributed by atoms with Gasteiger partial charge in [0.05, 0.1) is 5.41 Å². The topological polar surface area (TPSA) is 52.7 Å². The molecule has 0 aromatic heterocycles. The molecule has 2 aliphatic heterocycles. The highest BCUT2D eigenvalue weighted by Crippen LogP contribution is 2.42. The minimum Gasteiger partial charge on any atom is -0.322 e. The van der Waals surface area contributed by atoms with Crippen molar-refractivity contribution in [3.8, 4) is 11.1 Å². The normalized spacial score (nSPS) is 17.3. The van der Waals surface area contributed by atoms with E-state index in [1.807, 2.05) is 50.2 Å². The molecule has 0 aliphatic carbocycles. The van der Waals surface area contributed by atoms with Crippen LogP contribution in [0.15, 0.2) is 66.7 Å². The molecule has 5 rings (SSSR count). The molecule has 5 heteroatoms. The maximum atomic E-state index is 13.3. The smallest absolute Gasteiger partial charge is 0.255 e. The van der Waals surface area contributed by atoms with Crippen LogP contribution in [0.3, 0.4) is 0 Å². The summed E-state index contributed by atoms with van der Waals surface area (Å²) >= 11 is 0. The standard InChI is InChI=1S/C30H33N3O2/c1-30(2)26-15-13-24(19-27(26)32(3)29(30)35)31-28(34)22-12-14-25(21-10-6-4-7-11-21)23(18-22)20-33-16-8-5-9-17-33/h4,6-7,10-15,18-19H,5,8-9,16-17,20H2,1-3H3,(H,31,34). The summed E-state index contributed by atoms with van der Waals surface area (Å²) in [4.78, 5) is 30.1. The molecule has 2 aliphatic rings. The second-order valence-corrected chi connectivity index (χ2v) is 10.2. The number of nitrogens with one attached hydrogen (secondary N) is 1. The minimum atomic E-state index is -0.552. The van der Waals surface area contributed by atoms with Gasteiger partial charge in [0.1, 0.15) is 0 Å². The molecule has 5 nitrogen and oxygen atoms in total. The Labute approximate surface area is 207 Å². The van der Waals surface area contributed by atoms with Crippen LogP contribution in [0.5, 0.6) is 0 Å². The molecule has 0 unspecified atom stereocenters. The molecule has 0 atom stereocenters. The highest BCUT2D eigenvalue weighted by molar-refractivity contribution is 6.09. The number of nitrogens with zero attached hydrogens (tertiary/aromatic N) is 2. The number of likely N-dealkylation sites (N-methyl/N-ethyl adjacent to an activating group) is 1. The Kier molecular flexibility index (Phi) is 6.20. The van der Waals surface area contributed by atoms with Crippen LogP contribution in [-0.4, -0.2) is 36.9 Å². The summed E-state index contributed by atoms with van der Waals surface area (Å²) in [6, 6.07) is 22.1.